The van der Waals surface area contributed by atoms with Crippen molar-refractivity contribution >= 4 is 50.9 Å². The van der Waals surface area contributed by atoms with E-state index < -0.39 is 28.8 Å². The van der Waals surface area contributed by atoms with E-state index in [9.17, 15) is 29.3 Å². The van der Waals surface area contributed by atoms with Crippen molar-refractivity contribution in [3.05, 3.63) is 111 Å². The van der Waals surface area contributed by atoms with Crippen LogP contribution in [0.3, 0.4) is 0 Å². The first-order valence-corrected chi connectivity index (χ1v) is 15.9. The number of hydrogen-bond donors (Lipinski definition) is 2. The summed E-state index contributed by atoms with van der Waals surface area (Å²) in [6.45, 7) is 5.11. The fourth-order valence-electron chi connectivity index (χ4n) is 6.70. The Morgan fingerprint density at radius 1 is 0.673 bits per heavy atom. The van der Waals surface area contributed by atoms with Crippen molar-refractivity contribution in [2.75, 3.05) is 26.2 Å². The number of amides is 4. The Bertz CT molecular complexity index is 2210. The molecule has 5 aromatic rings. The summed E-state index contributed by atoms with van der Waals surface area (Å²) in [6.07, 6.45) is 3.27. The SMILES string of the molecule is C[C@H](CNCCNC[C@H](C)N1C(=O)c2cccc3cc([N+](=O)[O-])cc(c23)C1=O)N1C(=O)c2cccc3cc(-c4ncccn4)cc(c23)C1=O. The lowest BCUT2D eigenvalue weighted by Crippen LogP contribution is -2.51. The van der Waals surface area contributed by atoms with Gasteiger partial charge in [0, 0.05) is 95.8 Å². The van der Waals surface area contributed by atoms with Gasteiger partial charge in [0.1, 0.15) is 0 Å². The predicted molar refractivity (Wildman–Crippen MR) is 181 cm³/mol. The number of nitrogens with one attached hydrogen (secondary N) is 2. The number of imide groups is 2. The molecule has 2 aliphatic rings. The highest BCUT2D eigenvalue weighted by Crippen LogP contribution is 2.35. The van der Waals surface area contributed by atoms with Crippen LogP contribution in [0.5, 0.6) is 0 Å². The van der Waals surface area contributed by atoms with Crippen LogP contribution in [0.15, 0.2) is 79.1 Å². The fourth-order valence-corrected chi connectivity index (χ4v) is 6.70. The minimum absolute atomic E-state index is 0.132. The summed E-state index contributed by atoms with van der Waals surface area (Å²) in [5, 5.41) is 20.3. The lowest BCUT2D eigenvalue weighted by atomic mass is 9.91. The second-order valence-corrected chi connectivity index (χ2v) is 12.2. The number of aromatic nitrogens is 2. The molecule has 49 heavy (non-hydrogen) atoms. The summed E-state index contributed by atoms with van der Waals surface area (Å²) in [5.41, 5.74) is 1.82. The Morgan fingerprint density at radius 3 is 1.69 bits per heavy atom. The Labute approximate surface area is 280 Å². The predicted octanol–water partition coefficient (Wildman–Crippen LogP) is 4.21. The molecule has 3 heterocycles. The fraction of sp³-hybridized carbons (Fsp3) is 0.222. The number of hydrogen-bond acceptors (Lipinski definition) is 10. The van der Waals surface area contributed by atoms with Crippen molar-refractivity contribution in [1.82, 2.24) is 30.4 Å². The molecule has 246 valence electrons. The summed E-state index contributed by atoms with van der Waals surface area (Å²) >= 11 is 0. The highest BCUT2D eigenvalue weighted by atomic mass is 16.6. The molecule has 2 N–H and O–H groups in total. The summed E-state index contributed by atoms with van der Waals surface area (Å²) in [5.74, 6) is -1.28. The number of carbonyl (C=O) groups is 4. The molecule has 7 rings (SSSR count). The number of nitrogens with zero attached hydrogens (tertiary/aromatic N) is 5. The third-order valence-electron chi connectivity index (χ3n) is 9.01. The van der Waals surface area contributed by atoms with Gasteiger partial charge in [0.15, 0.2) is 5.82 Å². The monoisotopic (exact) mass is 657 g/mol. The zero-order valence-electron chi connectivity index (χ0n) is 26.7. The Kier molecular flexibility index (Phi) is 8.14. The largest absolute Gasteiger partial charge is 0.313 e. The van der Waals surface area contributed by atoms with Crippen LogP contribution in [0.1, 0.15) is 55.3 Å². The molecule has 0 fully saturated rings. The molecular weight excluding hydrogens is 626 g/mol. The van der Waals surface area contributed by atoms with Gasteiger partial charge < -0.3 is 10.6 Å². The average molecular weight is 658 g/mol. The van der Waals surface area contributed by atoms with Gasteiger partial charge in [-0.2, -0.15) is 0 Å². The lowest BCUT2D eigenvalue weighted by Gasteiger charge is -2.32. The average Bonchev–Trinajstić information content (AvgIpc) is 3.10. The summed E-state index contributed by atoms with van der Waals surface area (Å²) in [4.78, 5) is 76.2. The first kappa shape index (κ1) is 31.7. The van der Waals surface area contributed by atoms with Crippen molar-refractivity contribution in [3.63, 3.8) is 0 Å². The topological polar surface area (TPSA) is 168 Å². The zero-order valence-corrected chi connectivity index (χ0v) is 26.7. The van der Waals surface area contributed by atoms with E-state index >= 15 is 0 Å². The first-order chi connectivity index (χ1) is 23.7. The molecule has 0 radical (unpaired) electrons. The van der Waals surface area contributed by atoms with Gasteiger partial charge in [-0.1, -0.05) is 24.3 Å². The van der Waals surface area contributed by atoms with E-state index in [1.54, 1.807) is 61.8 Å². The van der Waals surface area contributed by atoms with Crippen molar-refractivity contribution in [2.45, 2.75) is 25.9 Å². The van der Waals surface area contributed by atoms with Crippen LogP contribution in [-0.4, -0.2) is 86.6 Å². The van der Waals surface area contributed by atoms with E-state index in [4.69, 9.17) is 0 Å². The Morgan fingerprint density at radius 2 is 1.16 bits per heavy atom. The van der Waals surface area contributed by atoms with Crippen LogP contribution in [0.25, 0.3) is 32.9 Å². The highest BCUT2D eigenvalue weighted by Gasteiger charge is 2.38. The van der Waals surface area contributed by atoms with E-state index in [1.807, 2.05) is 19.1 Å². The smallest absolute Gasteiger partial charge is 0.270 e. The van der Waals surface area contributed by atoms with Crippen LogP contribution < -0.4 is 10.6 Å². The maximum absolute atomic E-state index is 13.8. The Balaban J connectivity index is 0.971. The molecule has 0 unspecified atom stereocenters. The zero-order chi connectivity index (χ0) is 34.4. The van der Waals surface area contributed by atoms with Crippen LogP contribution in [-0.2, 0) is 0 Å². The molecule has 0 spiro atoms. The third-order valence-corrected chi connectivity index (χ3v) is 9.01. The van der Waals surface area contributed by atoms with Gasteiger partial charge in [-0.25, -0.2) is 9.97 Å². The number of benzene rings is 4. The number of non-ortho nitro benzene ring substituents is 1. The number of rotatable bonds is 11. The van der Waals surface area contributed by atoms with E-state index in [-0.39, 0.29) is 29.6 Å². The highest BCUT2D eigenvalue weighted by molar-refractivity contribution is 6.27. The van der Waals surface area contributed by atoms with Crippen molar-refractivity contribution < 1.29 is 24.1 Å². The van der Waals surface area contributed by atoms with Crippen LogP contribution in [0.4, 0.5) is 5.69 Å². The molecule has 1 aromatic heterocycles. The van der Waals surface area contributed by atoms with Gasteiger partial charge >= 0.3 is 0 Å². The Hall–Kier alpha value is -5.92. The maximum Gasteiger partial charge on any atom is 0.270 e. The van der Waals surface area contributed by atoms with Gasteiger partial charge in [0.05, 0.1) is 10.5 Å². The molecule has 0 aliphatic carbocycles. The molecule has 4 aromatic carbocycles. The molecule has 13 heteroatoms. The van der Waals surface area contributed by atoms with E-state index in [0.717, 1.165) is 10.3 Å². The van der Waals surface area contributed by atoms with Crippen LogP contribution >= 0.6 is 0 Å². The molecule has 13 nitrogen and oxygen atoms in total. The summed E-state index contributed by atoms with van der Waals surface area (Å²) in [7, 11) is 0. The number of nitro benzene ring substituents is 1. The molecule has 0 saturated heterocycles. The van der Waals surface area contributed by atoms with E-state index in [2.05, 4.69) is 20.6 Å². The van der Waals surface area contributed by atoms with Gasteiger partial charge in [0.2, 0.25) is 0 Å². The van der Waals surface area contributed by atoms with Gasteiger partial charge in [-0.05, 0) is 55.0 Å². The van der Waals surface area contributed by atoms with Gasteiger partial charge in [0.25, 0.3) is 29.3 Å². The van der Waals surface area contributed by atoms with Crippen molar-refractivity contribution in [2.24, 2.45) is 0 Å². The van der Waals surface area contributed by atoms with Gasteiger partial charge in [-0.3, -0.25) is 39.1 Å². The molecular formula is C36H31N7O6. The standard InChI is InChI=1S/C36H31N7O6/c1-20(41-33(44)26-8-3-6-22-14-24(32-39-10-5-11-40-32)16-28(30(22)26)35(41)46)18-37-12-13-38-19-21(2)42-34(45)27-9-4-7-23-15-25(43(48)49)17-29(31(23)27)36(42)47/h3-11,14-17,20-21,37-38H,12-13,18-19H2,1-2H3/t20-,21+/m1/s1. The van der Waals surface area contributed by atoms with Gasteiger partial charge in [-0.15, -0.1) is 0 Å². The normalized spacial score (nSPS) is 15.3. The summed E-state index contributed by atoms with van der Waals surface area (Å²) < 4.78 is 0. The quantitative estimate of drug-likeness (QED) is 0.0909. The minimum atomic E-state index is -0.574. The van der Waals surface area contributed by atoms with E-state index in [1.165, 1.54) is 17.0 Å². The first-order valence-electron chi connectivity index (χ1n) is 15.9. The van der Waals surface area contributed by atoms with Crippen LogP contribution in [0, 0.1) is 10.1 Å². The molecule has 0 bridgehead atoms. The van der Waals surface area contributed by atoms with Crippen LogP contribution in [0.2, 0.25) is 0 Å². The lowest BCUT2D eigenvalue weighted by molar-refractivity contribution is -0.384. The second-order valence-electron chi connectivity index (χ2n) is 12.2. The van der Waals surface area contributed by atoms with Crippen molar-refractivity contribution in [3.8, 4) is 11.4 Å². The number of carbonyl (C=O) groups excluding carboxylic acids is 4. The maximum atomic E-state index is 13.8. The third kappa shape index (κ3) is 5.48. The van der Waals surface area contributed by atoms with Crippen molar-refractivity contribution in [1.29, 1.82) is 0 Å². The second kappa shape index (κ2) is 12.6. The molecule has 2 atom stereocenters. The van der Waals surface area contributed by atoms with E-state index in [0.29, 0.717) is 63.9 Å². The minimum Gasteiger partial charge on any atom is -0.313 e. The molecule has 4 amide bonds. The number of nitro groups is 1. The molecule has 0 saturated carbocycles. The molecule has 2 aliphatic heterocycles. The summed E-state index contributed by atoms with van der Waals surface area (Å²) in [6, 6.07) is 17.3.